The summed E-state index contributed by atoms with van der Waals surface area (Å²) >= 11 is 5.81. The van der Waals surface area contributed by atoms with Crippen LogP contribution in [0.25, 0.3) is 0 Å². The second kappa shape index (κ2) is 6.70. The van der Waals surface area contributed by atoms with Gasteiger partial charge in [0, 0.05) is 0 Å². The molecule has 0 aromatic heterocycles. The summed E-state index contributed by atoms with van der Waals surface area (Å²) < 4.78 is 4.56. The zero-order valence-corrected chi connectivity index (χ0v) is 10.2. The number of nitrogens with two attached hydrogens (primary N) is 1. The number of rotatable bonds is 3. The Kier molecular flexibility index (Phi) is 6.36. The van der Waals surface area contributed by atoms with Gasteiger partial charge >= 0.3 is 5.97 Å². The Morgan fingerprint density at radius 3 is 2.75 bits per heavy atom. The Balaban J connectivity index is 0.00000225. The van der Waals surface area contributed by atoms with Crippen LogP contribution in [0.15, 0.2) is 18.2 Å². The molecule has 1 rings (SSSR count). The van der Waals surface area contributed by atoms with Gasteiger partial charge in [0.15, 0.2) is 0 Å². The van der Waals surface area contributed by atoms with E-state index in [4.69, 9.17) is 22.4 Å². The minimum absolute atomic E-state index is 0. The van der Waals surface area contributed by atoms with Crippen LogP contribution in [-0.4, -0.2) is 24.8 Å². The number of hydrogen-bond acceptors (Lipinski definition) is 4. The van der Waals surface area contributed by atoms with E-state index < -0.39 is 12.0 Å². The molecule has 1 aromatic rings. The van der Waals surface area contributed by atoms with Gasteiger partial charge in [0.2, 0.25) is 0 Å². The molecule has 0 saturated carbocycles. The minimum Gasteiger partial charge on any atom is -0.465 e. The highest BCUT2D eigenvalue weighted by Crippen LogP contribution is 2.21. The topological polar surface area (TPSA) is 72.5 Å². The molecule has 0 aliphatic carbocycles. The van der Waals surface area contributed by atoms with Gasteiger partial charge in [-0.3, -0.25) is 0 Å². The van der Waals surface area contributed by atoms with Gasteiger partial charge in [-0.1, -0.05) is 17.7 Å². The fourth-order valence-electron chi connectivity index (χ4n) is 1.15. The summed E-state index contributed by atoms with van der Waals surface area (Å²) in [6.07, 6.45) is 0. The lowest BCUT2D eigenvalue weighted by atomic mass is 10.1. The summed E-state index contributed by atoms with van der Waals surface area (Å²) in [7, 11) is 1.28. The Morgan fingerprint density at radius 1 is 1.62 bits per heavy atom. The predicted octanol–water partition coefficient (Wildman–Crippen LogP) is 1.54. The van der Waals surface area contributed by atoms with Crippen molar-refractivity contribution in [1.29, 1.82) is 0 Å². The van der Waals surface area contributed by atoms with E-state index in [-0.39, 0.29) is 24.6 Å². The van der Waals surface area contributed by atoms with E-state index in [1.54, 1.807) is 12.1 Å². The molecule has 16 heavy (non-hydrogen) atoms. The molecule has 0 spiro atoms. The van der Waals surface area contributed by atoms with Crippen molar-refractivity contribution in [1.82, 2.24) is 0 Å². The highest BCUT2D eigenvalue weighted by atomic mass is 35.5. The van der Waals surface area contributed by atoms with Crippen molar-refractivity contribution in [3.63, 3.8) is 0 Å². The highest BCUT2D eigenvalue weighted by molar-refractivity contribution is 6.33. The van der Waals surface area contributed by atoms with Gasteiger partial charge in [0.05, 0.1) is 30.3 Å². The number of methoxy groups -OCH3 is 1. The monoisotopic (exact) mass is 265 g/mol. The van der Waals surface area contributed by atoms with E-state index in [2.05, 4.69) is 4.74 Å². The third-order valence-corrected chi connectivity index (χ3v) is 2.35. The molecule has 1 atom stereocenters. The van der Waals surface area contributed by atoms with Gasteiger partial charge in [0.25, 0.3) is 0 Å². The number of carbonyl (C=O) groups is 1. The average Bonchev–Trinajstić information content (AvgIpc) is 2.27. The molecular formula is C10H13Cl2NO3. The molecule has 3 N–H and O–H groups in total. The van der Waals surface area contributed by atoms with Crippen molar-refractivity contribution in [2.24, 2.45) is 5.73 Å². The molecule has 0 aliphatic heterocycles. The summed E-state index contributed by atoms with van der Waals surface area (Å²) in [5.41, 5.74) is 6.50. The van der Waals surface area contributed by atoms with Crippen LogP contribution < -0.4 is 5.73 Å². The maximum absolute atomic E-state index is 11.3. The Hall–Kier alpha value is -0.810. The van der Waals surface area contributed by atoms with Crippen molar-refractivity contribution in [2.75, 3.05) is 13.7 Å². The molecule has 90 valence electrons. The van der Waals surface area contributed by atoms with Crippen LogP contribution in [0.2, 0.25) is 5.02 Å². The Morgan fingerprint density at radius 2 is 2.25 bits per heavy atom. The molecule has 0 radical (unpaired) electrons. The van der Waals surface area contributed by atoms with Crippen LogP contribution in [0.5, 0.6) is 0 Å². The highest BCUT2D eigenvalue weighted by Gasteiger charge is 2.13. The van der Waals surface area contributed by atoms with Crippen molar-refractivity contribution >= 4 is 30.0 Å². The molecule has 0 saturated heterocycles. The summed E-state index contributed by atoms with van der Waals surface area (Å²) in [6.45, 7) is -0.192. The molecule has 0 unspecified atom stereocenters. The van der Waals surface area contributed by atoms with Crippen LogP contribution in [0.1, 0.15) is 22.0 Å². The van der Waals surface area contributed by atoms with Gasteiger partial charge in [0.1, 0.15) is 0 Å². The van der Waals surface area contributed by atoms with E-state index in [1.165, 1.54) is 13.2 Å². The van der Waals surface area contributed by atoms with Gasteiger partial charge in [-0.2, -0.15) is 0 Å². The van der Waals surface area contributed by atoms with Crippen molar-refractivity contribution in [3.05, 3.63) is 34.3 Å². The molecule has 0 aliphatic rings. The molecular weight excluding hydrogens is 253 g/mol. The van der Waals surface area contributed by atoms with Gasteiger partial charge in [-0.15, -0.1) is 12.4 Å². The van der Waals surface area contributed by atoms with Gasteiger partial charge < -0.3 is 15.6 Å². The first-order valence-corrected chi connectivity index (χ1v) is 4.72. The van der Waals surface area contributed by atoms with Crippen LogP contribution in [0.3, 0.4) is 0 Å². The lowest BCUT2D eigenvalue weighted by Gasteiger charge is -2.10. The third kappa shape index (κ3) is 3.35. The van der Waals surface area contributed by atoms with Crippen LogP contribution >= 0.6 is 24.0 Å². The Bertz CT molecular complexity index is 371. The first kappa shape index (κ1) is 15.2. The fourth-order valence-corrected chi connectivity index (χ4v) is 1.34. The number of halogens is 2. The molecule has 0 heterocycles. The molecule has 0 amide bonds. The second-order valence-electron chi connectivity index (χ2n) is 3.02. The number of hydrogen-bond donors (Lipinski definition) is 2. The zero-order chi connectivity index (χ0) is 11.4. The average molecular weight is 266 g/mol. The van der Waals surface area contributed by atoms with Crippen molar-refractivity contribution in [2.45, 2.75) is 6.04 Å². The van der Waals surface area contributed by atoms with E-state index in [0.717, 1.165) is 0 Å². The number of aliphatic hydroxyl groups excluding tert-OH is 1. The maximum Gasteiger partial charge on any atom is 0.339 e. The van der Waals surface area contributed by atoms with Gasteiger partial charge in [-0.25, -0.2) is 4.79 Å². The number of esters is 1. The predicted molar refractivity (Wildman–Crippen MR) is 64.1 cm³/mol. The van der Waals surface area contributed by atoms with Crippen molar-refractivity contribution < 1.29 is 14.6 Å². The lowest BCUT2D eigenvalue weighted by Crippen LogP contribution is -2.15. The van der Waals surface area contributed by atoms with Crippen LogP contribution in [0, 0.1) is 0 Å². The van der Waals surface area contributed by atoms with E-state index in [0.29, 0.717) is 10.6 Å². The standard InChI is InChI=1S/C10H12ClNO3.ClH/c1-15-10(14)7-4-6(9(12)5-13)2-3-8(7)11;/h2-4,9,13H,5,12H2,1H3;1H/t9-;/m0./s1. The molecule has 6 heteroatoms. The largest absolute Gasteiger partial charge is 0.465 e. The summed E-state index contributed by atoms with van der Waals surface area (Å²) in [4.78, 5) is 11.3. The molecule has 0 bridgehead atoms. The van der Waals surface area contributed by atoms with E-state index in [1.807, 2.05) is 0 Å². The third-order valence-electron chi connectivity index (χ3n) is 2.02. The lowest BCUT2D eigenvalue weighted by molar-refractivity contribution is 0.0600. The van der Waals surface area contributed by atoms with Gasteiger partial charge in [-0.05, 0) is 17.7 Å². The first-order chi connectivity index (χ1) is 7.10. The van der Waals surface area contributed by atoms with Crippen LogP contribution in [0.4, 0.5) is 0 Å². The number of ether oxygens (including phenoxy) is 1. The zero-order valence-electron chi connectivity index (χ0n) is 8.64. The van der Waals surface area contributed by atoms with Crippen molar-refractivity contribution in [3.8, 4) is 0 Å². The number of aliphatic hydroxyl groups is 1. The quantitative estimate of drug-likeness (QED) is 0.814. The fraction of sp³-hybridized carbons (Fsp3) is 0.300. The maximum atomic E-state index is 11.3. The SMILES string of the molecule is COC(=O)c1cc([C@@H](N)CO)ccc1Cl.Cl. The summed E-state index contributed by atoms with van der Waals surface area (Å²) in [5, 5.41) is 9.17. The first-order valence-electron chi connectivity index (χ1n) is 4.34. The Labute approximate surface area is 105 Å². The minimum atomic E-state index is -0.523. The number of benzene rings is 1. The number of carbonyl (C=O) groups excluding carboxylic acids is 1. The molecule has 1 aromatic carbocycles. The van der Waals surface area contributed by atoms with E-state index in [9.17, 15) is 4.79 Å². The van der Waals surface area contributed by atoms with Crippen LogP contribution in [-0.2, 0) is 4.74 Å². The smallest absolute Gasteiger partial charge is 0.339 e. The molecule has 0 fully saturated rings. The molecule has 4 nitrogen and oxygen atoms in total. The summed E-state index contributed by atoms with van der Waals surface area (Å²) in [6, 6.07) is 4.22. The summed E-state index contributed by atoms with van der Waals surface area (Å²) in [5.74, 6) is -0.521. The normalized spacial score (nSPS) is 11.5. The van der Waals surface area contributed by atoms with E-state index >= 15 is 0 Å². The second-order valence-corrected chi connectivity index (χ2v) is 3.43.